The van der Waals surface area contributed by atoms with Crippen molar-refractivity contribution in [2.75, 3.05) is 36.9 Å². The van der Waals surface area contributed by atoms with Gasteiger partial charge in [0.15, 0.2) is 0 Å². The first kappa shape index (κ1) is 28.3. The number of carbonyl (C=O) groups excluding carboxylic acids is 1. The van der Waals surface area contributed by atoms with Crippen LogP contribution in [0.5, 0.6) is 17.2 Å². The molecular weight excluding hydrogens is 513 g/mol. The molecule has 4 rings (SSSR count). The third-order valence-electron chi connectivity index (χ3n) is 6.16. The van der Waals surface area contributed by atoms with Gasteiger partial charge in [-0.2, -0.15) is 5.26 Å². The van der Waals surface area contributed by atoms with E-state index in [0.717, 1.165) is 13.1 Å². The molecule has 1 heterocycles. The fourth-order valence-electron chi connectivity index (χ4n) is 4.02. The number of nitrogens with one attached hydrogen (secondary N) is 2. The van der Waals surface area contributed by atoms with E-state index in [1.165, 1.54) is 24.3 Å². The molecular formula is C30H30FN5O4. The summed E-state index contributed by atoms with van der Waals surface area (Å²) in [5, 5.41) is 26.0. The smallest absolute Gasteiger partial charge is 0.323 e. The Labute approximate surface area is 231 Å². The number of hydrogen-bond donors (Lipinski definition) is 3. The molecule has 0 unspecified atom stereocenters. The molecule has 0 saturated carbocycles. The first-order chi connectivity index (χ1) is 19.4. The number of anilines is 2. The number of aliphatic hydroxyl groups excluding tert-OH is 1. The highest BCUT2D eigenvalue weighted by atomic mass is 19.1. The second kappa shape index (κ2) is 13.4. The maximum atomic E-state index is 13.0. The Morgan fingerprint density at radius 2 is 1.68 bits per heavy atom. The van der Waals surface area contributed by atoms with Gasteiger partial charge in [0.25, 0.3) is 0 Å². The lowest BCUT2D eigenvalue weighted by atomic mass is 10.1. The van der Waals surface area contributed by atoms with E-state index in [-0.39, 0.29) is 12.4 Å². The summed E-state index contributed by atoms with van der Waals surface area (Å²) in [4.78, 5) is 18.7. The van der Waals surface area contributed by atoms with Crippen molar-refractivity contribution in [3.8, 4) is 23.3 Å². The van der Waals surface area contributed by atoms with Crippen molar-refractivity contribution in [3.05, 3.63) is 84.3 Å². The quantitative estimate of drug-likeness (QED) is 0.220. The Kier molecular flexibility index (Phi) is 9.46. The molecule has 0 aliphatic rings. The molecule has 1 atom stereocenters. The van der Waals surface area contributed by atoms with E-state index in [2.05, 4.69) is 26.6 Å². The van der Waals surface area contributed by atoms with Gasteiger partial charge in [-0.1, -0.05) is 13.8 Å². The van der Waals surface area contributed by atoms with E-state index >= 15 is 0 Å². The average molecular weight is 544 g/mol. The van der Waals surface area contributed by atoms with Crippen molar-refractivity contribution in [2.45, 2.75) is 20.0 Å². The number of nitrogens with zero attached hydrogens (tertiary/aromatic N) is 3. The van der Waals surface area contributed by atoms with Crippen LogP contribution in [0.15, 0.2) is 72.9 Å². The van der Waals surface area contributed by atoms with Crippen molar-refractivity contribution >= 4 is 28.3 Å². The molecule has 40 heavy (non-hydrogen) atoms. The minimum atomic E-state index is -0.698. The number of carbonyl (C=O) groups is 1. The summed E-state index contributed by atoms with van der Waals surface area (Å²) < 4.78 is 24.9. The Balaban J connectivity index is 1.43. The molecule has 0 spiro atoms. The molecule has 9 nitrogen and oxygen atoms in total. The number of aliphatic hydroxyl groups is 1. The monoisotopic (exact) mass is 543 g/mol. The van der Waals surface area contributed by atoms with Crippen molar-refractivity contribution < 1.29 is 23.8 Å². The molecule has 4 aromatic rings. The predicted molar refractivity (Wildman–Crippen MR) is 151 cm³/mol. The van der Waals surface area contributed by atoms with E-state index in [0.29, 0.717) is 51.6 Å². The number of nitriles is 1. The number of benzene rings is 3. The van der Waals surface area contributed by atoms with Gasteiger partial charge in [0.1, 0.15) is 41.8 Å². The highest BCUT2D eigenvalue weighted by Crippen LogP contribution is 2.33. The van der Waals surface area contributed by atoms with Crippen LogP contribution in [-0.4, -0.2) is 53.4 Å². The summed E-state index contributed by atoms with van der Waals surface area (Å²) in [6.45, 7) is 6.24. The van der Waals surface area contributed by atoms with Gasteiger partial charge in [-0.25, -0.2) is 9.18 Å². The number of amides is 2. The average Bonchev–Trinajstić information content (AvgIpc) is 2.96. The van der Waals surface area contributed by atoms with Gasteiger partial charge in [0.2, 0.25) is 0 Å². The number of pyridine rings is 1. The van der Waals surface area contributed by atoms with E-state index in [1.807, 2.05) is 13.8 Å². The molecule has 0 radical (unpaired) electrons. The first-order valence-corrected chi connectivity index (χ1v) is 12.9. The zero-order valence-corrected chi connectivity index (χ0v) is 22.2. The third kappa shape index (κ3) is 7.44. The van der Waals surface area contributed by atoms with Gasteiger partial charge in [-0.15, -0.1) is 0 Å². The number of aromatic nitrogens is 1. The number of hydrogen-bond acceptors (Lipinski definition) is 7. The Bertz CT molecular complexity index is 1490. The summed E-state index contributed by atoms with van der Waals surface area (Å²) in [5.41, 5.74) is 1.86. The summed E-state index contributed by atoms with van der Waals surface area (Å²) in [6.07, 6.45) is 0.898. The van der Waals surface area contributed by atoms with Crippen LogP contribution in [0, 0.1) is 17.1 Å². The topological polar surface area (TPSA) is 120 Å². The lowest BCUT2D eigenvalue weighted by molar-refractivity contribution is 0.0716. The van der Waals surface area contributed by atoms with Crippen LogP contribution in [-0.2, 0) is 0 Å². The summed E-state index contributed by atoms with van der Waals surface area (Å²) in [5.74, 6) is 0.953. The SMILES string of the molecule is CCN(CC)C[C@@H](O)COc1cc2nccc(Oc3ccc(NC(=O)Nc4ccc(F)cc4)cc3)c2cc1C#N. The Morgan fingerprint density at radius 3 is 2.30 bits per heavy atom. The lowest BCUT2D eigenvalue weighted by Crippen LogP contribution is -2.35. The molecule has 3 aromatic carbocycles. The van der Waals surface area contributed by atoms with E-state index in [4.69, 9.17) is 9.47 Å². The summed E-state index contributed by atoms with van der Waals surface area (Å²) in [7, 11) is 0. The molecule has 1 aromatic heterocycles. The van der Waals surface area contributed by atoms with Crippen LogP contribution >= 0.6 is 0 Å². The van der Waals surface area contributed by atoms with Crippen molar-refractivity contribution in [1.82, 2.24) is 9.88 Å². The first-order valence-electron chi connectivity index (χ1n) is 12.9. The largest absolute Gasteiger partial charge is 0.489 e. The molecule has 10 heteroatoms. The van der Waals surface area contributed by atoms with Crippen LogP contribution in [0.1, 0.15) is 19.4 Å². The summed E-state index contributed by atoms with van der Waals surface area (Å²) >= 11 is 0. The van der Waals surface area contributed by atoms with Crippen molar-refractivity contribution in [1.29, 1.82) is 5.26 Å². The zero-order chi connectivity index (χ0) is 28.5. The number of likely N-dealkylation sites (N-methyl/N-ethyl adjacent to an activating group) is 1. The zero-order valence-electron chi connectivity index (χ0n) is 22.2. The van der Waals surface area contributed by atoms with Gasteiger partial charge in [-0.3, -0.25) is 4.98 Å². The fourth-order valence-corrected chi connectivity index (χ4v) is 4.02. The maximum absolute atomic E-state index is 13.0. The molecule has 0 saturated heterocycles. The van der Waals surface area contributed by atoms with Crippen molar-refractivity contribution in [2.24, 2.45) is 0 Å². The van der Waals surface area contributed by atoms with Gasteiger partial charge < -0.3 is 30.1 Å². The van der Waals surface area contributed by atoms with Crippen LogP contribution in [0.2, 0.25) is 0 Å². The molecule has 2 amide bonds. The highest BCUT2D eigenvalue weighted by molar-refractivity contribution is 5.99. The third-order valence-corrected chi connectivity index (χ3v) is 6.16. The lowest BCUT2D eigenvalue weighted by Gasteiger charge is -2.22. The molecule has 206 valence electrons. The van der Waals surface area contributed by atoms with E-state index in [9.17, 15) is 19.6 Å². The van der Waals surface area contributed by atoms with Crippen LogP contribution in [0.3, 0.4) is 0 Å². The number of fused-ring (bicyclic) bond motifs is 1. The van der Waals surface area contributed by atoms with Gasteiger partial charge in [0, 0.05) is 35.6 Å². The predicted octanol–water partition coefficient (Wildman–Crippen LogP) is 5.76. The van der Waals surface area contributed by atoms with Crippen molar-refractivity contribution in [3.63, 3.8) is 0 Å². The molecule has 0 aliphatic carbocycles. The molecule has 0 fully saturated rings. The molecule has 0 aliphatic heterocycles. The van der Waals surface area contributed by atoms with Gasteiger partial charge in [0.05, 0.1) is 11.1 Å². The molecule has 0 bridgehead atoms. The van der Waals surface area contributed by atoms with Crippen LogP contribution in [0.25, 0.3) is 10.9 Å². The highest BCUT2D eigenvalue weighted by Gasteiger charge is 2.15. The van der Waals surface area contributed by atoms with E-state index in [1.54, 1.807) is 48.7 Å². The second-order valence-electron chi connectivity index (χ2n) is 8.95. The number of halogens is 1. The Morgan fingerprint density at radius 1 is 1.02 bits per heavy atom. The number of urea groups is 1. The normalized spacial score (nSPS) is 11.6. The summed E-state index contributed by atoms with van der Waals surface area (Å²) in [6, 6.07) is 18.9. The number of rotatable bonds is 11. The fraction of sp³-hybridized carbons (Fsp3) is 0.233. The maximum Gasteiger partial charge on any atom is 0.323 e. The Hall–Kier alpha value is -4.72. The molecule has 3 N–H and O–H groups in total. The van der Waals surface area contributed by atoms with Crippen LogP contribution in [0.4, 0.5) is 20.6 Å². The van der Waals surface area contributed by atoms with E-state index < -0.39 is 12.1 Å². The minimum absolute atomic E-state index is 0.0508. The van der Waals surface area contributed by atoms with Gasteiger partial charge >= 0.3 is 6.03 Å². The van der Waals surface area contributed by atoms with Gasteiger partial charge in [-0.05, 0) is 73.8 Å². The standard InChI is InChI=1S/C30H30FN5O4/c1-3-36(4-2)18-24(37)19-39-29-16-27-26(15-20(29)17-32)28(13-14-33-27)40-25-11-9-23(10-12-25)35-30(38)34-22-7-5-21(31)6-8-22/h5-16,24,37H,3-4,18-19H2,1-2H3,(H2,34,35,38)/t24-/m1/s1. The second-order valence-corrected chi connectivity index (χ2v) is 8.95. The van der Waals surface area contributed by atoms with Crippen LogP contribution < -0.4 is 20.1 Å². The minimum Gasteiger partial charge on any atom is -0.489 e. The number of ether oxygens (including phenoxy) is 2.